The van der Waals surface area contributed by atoms with Gasteiger partial charge in [-0.3, -0.25) is 4.79 Å². The molecule has 0 unspecified atom stereocenters. The van der Waals surface area contributed by atoms with E-state index in [1.54, 1.807) is 17.9 Å². The van der Waals surface area contributed by atoms with Crippen LogP contribution < -0.4 is 15.0 Å². The van der Waals surface area contributed by atoms with Gasteiger partial charge in [0.2, 0.25) is 0 Å². The number of nitrogens with zero attached hydrogens (tertiary/aromatic N) is 1. The van der Waals surface area contributed by atoms with Gasteiger partial charge in [-0.25, -0.2) is 0 Å². The van der Waals surface area contributed by atoms with Crippen molar-refractivity contribution in [2.75, 3.05) is 7.11 Å². The second kappa shape index (κ2) is 9.14. The fraction of sp³-hybridized carbons (Fsp3) is 0.115. The summed E-state index contributed by atoms with van der Waals surface area (Å²) in [6.07, 6.45) is 1.79. The molecule has 3 aromatic carbocycles. The molecule has 1 aromatic heterocycles. The molecular weight excluding hydrogens is 374 g/mol. The van der Waals surface area contributed by atoms with Crippen molar-refractivity contribution in [1.29, 1.82) is 0 Å². The number of hydrogen-bond acceptors (Lipinski definition) is 3. The van der Waals surface area contributed by atoms with Crippen LogP contribution in [-0.2, 0) is 13.2 Å². The summed E-state index contributed by atoms with van der Waals surface area (Å²) in [6.45, 7) is 0.897. The Morgan fingerprint density at radius 3 is 2.03 bits per heavy atom. The van der Waals surface area contributed by atoms with Crippen molar-refractivity contribution >= 4 is 0 Å². The largest absolute Gasteiger partial charge is 0.497 e. The molecule has 4 rings (SSSR count). The number of rotatable bonds is 7. The first-order valence-electron chi connectivity index (χ1n) is 9.83. The third-order valence-electron chi connectivity index (χ3n) is 4.94. The quantitative estimate of drug-likeness (QED) is 0.433. The van der Waals surface area contributed by atoms with E-state index in [0.717, 1.165) is 22.4 Å². The summed E-state index contributed by atoms with van der Waals surface area (Å²) < 4.78 is 13.0. The summed E-state index contributed by atoms with van der Waals surface area (Å²) in [6, 6.07) is 29.2. The summed E-state index contributed by atoms with van der Waals surface area (Å²) in [5, 5.41) is 0. The maximum absolute atomic E-state index is 13.4. The molecule has 0 radical (unpaired) electrons. The van der Waals surface area contributed by atoms with E-state index in [4.69, 9.17) is 9.47 Å². The molecule has 4 aromatic rings. The molecule has 0 spiro atoms. The fourth-order valence-corrected chi connectivity index (χ4v) is 3.34. The third-order valence-corrected chi connectivity index (χ3v) is 4.94. The second-order valence-electron chi connectivity index (χ2n) is 6.98. The lowest BCUT2D eigenvalue weighted by atomic mass is 10.1. The van der Waals surface area contributed by atoms with Gasteiger partial charge >= 0.3 is 0 Å². The van der Waals surface area contributed by atoms with Gasteiger partial charge in [-0.1, -0.05) is 72.8 Å². The van der Waals surface area contributed by atoms with Crippen LogP contribution in [0.5, 0.6) is 11.5 Å². The average molecular weight is 397 g/mol. The Labute approximate surface area is 176 Å². The number of methoxy groups -OCH3 is 1. The molecule has 30 heavy (non-hydrogen) atoms. The van der Waals surface area contributed by atoms with Gasteiger partial charge in [0.05, 0.1) is 19.2 Å². The van der Waals surface area contributed by atoms with E-state index in [1.165, 1.54) is 0 Å². The highest BCUT2D eigenvalue weighted by Gasteiger charge is 2.15. The molecule has 1 heterocycles. The topological polar surface area (TPSA) is 40.5 Å². The van der Waals surface area contributed by atoms with Crippen molar-refractivity contribution in [3.8, 4) is 22.6 Å². The van der Waals surface area contributed by atoms with E-state index < -0.39 is 0 Å². The molecule has 0 saturated carbocycles. The number of pyridine rings is 1. The van der Waals surface area contributed by atoms with Gasteiger partial charge in [0.15, 0.2) is 0 Å². The molecule has 0 saturated heterocycles. The summed E-state index contributed by atoms with van der Waals surface area (Å²) >= 11 is 0. The van der Waals surface area contributed by atoms with E-state index >= 15 is 0 Å². The van der Waals surface area contributed by atoms with Gasteiger partial charge in [-0.2, -0.15) is 0 Å². The highest BCUT2D eigenvalue weighted by Crippen LogP contribution is 2.29. The van der Waals surface area contributed by atoms with Crippen LogP contribution in [0.3, 0.4) is 0 Å². The average Bonchev–Trinajstić information content (AvgIpc) is 2.81. The number of ether oxygens (including phenoxy) is 2. The standard InChI is InChI=1S/C26H23NO3/c1-29-23-14-12-22(13-15-23)25-24(30-19-21-10-6-3-7-11-21)16-17-27(26(25)28)18-20-8-4-2-5-9-20/h2-17H,18-19H2,1H3. The minimum absolute atomic E-state index is 0.0884. The van der Waals surface area contributed by atoms with Gasteiger partial charge in [0.25, 0.3) is 5.56 Å². The molecule has 4 nitrogen and oxygen atoms in total. The van der Waals surface area contributed by atoms with E-state index in [-0.39, 0.29) is 5.56 Å². The highest BCUT2D eigenvalue weighted by molar-refractivity contribution is 5.70. The van der Waals surface area contributed by atoms with E-state index in [0.29, 0.717) is 24.5 Å². The van der Waals surface area contributed by atoms with Crippen molar-refractivity contribution in [3.63, 3.8) is 0 Å². The zero-order valence-electron chi connectivity index (χ0n) is 16.8. The Balaban J connectivity index is 1.72. The van der Waals surface area contributed by atoms with Crippen LogP contribution in [-0.4, -0.2) is 11.7 Å². The molecule has 0 aliphatic rings. The van der Waals surface area contributed by atoms with Crippen LogP contribution >= 0.6 is 0 Å². The lowest BCUT2D eigenvalue weighted by Crippen LogP contribution is -2.22. The second-order valence-corrected chi connectivity index (χ2v) is 6.98. The summed E-state index contributed by atoms with van der Waals surface area (Å²) in [7, 11) is 1.62. The lowest BCUT2D eigenvalue weighted by molar-refractivity contribution is 0.306. The predicted octanol–water partition coefficient (Wildman–Crippen LogP) is 5.15. The minimum Gasteiger partial charge on any atom is -0.497 e. The SMILES string of the molecule is COc1ccc(-c2c(OCc3ccccc3)ccn(Cc3ccccc3)c2=O)cc1. The van der Waals surface area contributed by atoms with Crippen LogP contribution in [0.2, 0.25) is 0 Å². The molecule has 0 aliphatic heterocycles. The first-order chi connectivity index (χ1) is 14.7. The Kier molecular flexibility index (Phi) is 5.95. The summed E-state index contributed by atoms with van der Waals surface area (Å²) in [4.78, 5) is 13.4. The normalized spacial score (nSPS) is 10.6. The van der Waals surface area contributed by atoms with E-state index in [1.807, 2.05) is 91.0 Å². The van der Waals surface area contributed by atoms with Crippen LogP contribution in [0.25, 0.3) is 11.1 Å². The van der Waals surface area contributed by atoms with Gasteiger partial charge in [0.1, 0.15) is 18.1 Å². The molecule has 150 valence electrons. The van der Waals surface area contributed by atoms with Gasteiger partial charge in [-0.05, 0) is 34.9 Å². The van der Waals surface area contributed by atoms with Crippen LogP contribution in [0.4, 0.5) is 0 Å². The Hall–Kier alpha value is -3.79. The minimum atomic E-state index is -0.0884. The van der Waals surface area contributed by atoms with Crippen LogP contribution in [0.1, 0.15) is 11.1 Å². The van der Waals surface area contributed by atoms with Crippen molar-refractivity contribution in [1.82, 2.24) is 4.57 Å². The Bertz CT molecular complexity index is 1150. The first-order valence-corrected chi connectivity index (χ1v) is 9.83. The Morgan fingerprint density at radius 2 is 1.40 bits per heavy atom. The smallest absolute Gasteiger partial charge is 0.262 e. The maximum atomic E-state index is 13.4. The van der Waals surface area contributed by atoms with Crippen molar-refractivity contribution < 1.29 is 9.47 Å². The molecule has 0 atom stereocenters. The van der Waals surface area contributed by atoms with Gasteiger partial charge < -0.3 is 14.0 Å². The molecular formula is C26H23NO3. The first kappa shape index (κ1) is 19.5. The molecule has 0 aliphatic carbocycles. The van der Waals surface area contributed by atoms with E-state index in [9.17, 15) is 4.79 Å². The van der Waals surface area contributed by atoms with Crippen molar-refractivity contribution in [2.24, 2.45) is 0 Å². The van der Waals surface area contributed by atoms with Crippen molar-refractivity contribution in [3.05, 3.63) is 119 Å². The molecule has 0 bridgehead atoms. The summed E-state index contributed by atoms with van der Waals surface area (Å²) in [5.74, 6) is 1.31. The lowest BCUT2D eigenvalue weighted by Gasteiger charge is -2.15. The van der Waals surface area contributed by atoms with Gasteiger partial charge in [-0.15, -0.1) is 0 Å². The number of aromatic nitrogens is 1. The monoisotopic (exact) mass is 397 g/mol. The predicted molar refractivity (Wildman–Crippen MR) is 119 cm³/mol. The fourth-order valence-electron chi connectivity index (χ4n) is 3.34. The van der Waals surface area contributed by atoms with Crippen molar-refractivity contribution in [2.45, 2.75) is 13.2 Å². The number of hydrogen-bond donors (Lipinski definition) is 0. The zero-order valence-corrected chi connectivity index (χ0v) is 16.8. The molecule has 0 amide bonds. The summed E-state index contributed by atoms with van der Waals surface area (Å²) in [5.41, 5.74) is 3.37. The van der Waals surface area contributed by atoms with Crippen LogP contribution in [0, 0.1) is 0 Å². The molecule has 0 fully saturated rings. The highest BCUT2D eigenvalue weighted by atomic mass is 16.5. The molecule has 0 N–H and O–H groups in total. The van der Waals surface area contributed by atoms with Gasteiger partial charge in [0, 0.05) is 6.20 Å². The Morgan fingerprint density at radius 1 is 0.767 bits per heavy atom. The third kappa shape index (κ3) is 4.44. The maximum Gasteiger partial charge on any atom is 0.262 e. The van der Waals surface area contributed by atoms with E-state index in [2.05, 4.69) is 0 Å². The van der Waals surface area contributed by atoms with Crippen LogP contribution in [0.15, 0.2) is 102 Å². The zero-order chi connectivity index (χ0) is 20.8. The number of benzene rings is 3. The molecule has 4 heteroatoms.